The van der Waals surface area contributed by atoms with E-state index >= 15 is 0 Å². The molecule has 0 aromatic heterocycles. The maximum absolute atomic E-state index is 13.4. The number of carbonyl (C=O) groups excluding carboxylic acids is 1. The summed E-state index contributed by atoms with van der Waals surface area (Å²) in [6, 6.07) is 3.86. The summed E-state index contributed by atoms with van der Waals surface area (Å²) in [7, 11) is 0. The van der Waals surface area contributed by atoms with Crippen molar-refractivity contribution in [2.75, 3.05) is 5.32 Å². The Morgan fingerprint density at radius 2 is 2.09 bits per heavy atom. The van der Waals surface area contributed by atoms with Crippen LogP contribution in [-0.2, 0) is 9.59 Å². The first-order valence-electron chi connectivity index (χ1n) is 7.32. The number of amides is 1. The molecule has 1 saturated carbocycles. The van der Waals surface area contributed by atoms with Gasteiger partial charge in [0, 0.05) is 12.5 Å². The molecule has 0 bridgehead atoms. The maximum Gasteiger partial charge on any atom is 0.310 e. The maximum atomic E-state index is 13.4. The Morgan fingerprint density at radius 3 is 2.59 bits per heavy atom. The van der Waals surface area contributed by atoms with Gasteiger partial charge < -0.3 is 15.2 Å². The van der Waals surface area contributed by atoms with E-state index in [0.717, 1.165) is 6.42 Å². The Labute approximate surface area is 128 Å². The average molecular weight is 309 g/mol. The van der Waals surface area contributed by atoms with Gasteiger partial charge in [-0.3, -0.25) is 9.59 Å². The van der Waals surface area contributed by atoms with Gasteiger partial charge in [-0.05, 0) is 38.8 Å². The summed E-state index contributed by atoms with van der Waals surface area (Å²) in [4.78, 5) is 23.4. The Bertz CT molecular complexity index is 582. The number of anilines is 1. The van der Waals surface area contributed by atoms with E-state index in [1.165, 1.54) is 18.2 Å². The second-order valence-electron chi connectivity index (χ2n) is 5.97. The number of carboxylic acids is 1. The van der Waals surface area contributed by atoms with E-state index in [1.54, 1.807) is 0 Å². The monoisotopic (exact) mass is 309 g/mol. The molecule has 1 aromatic rings. The minimum Gasteiger partial charge on any atom is -0.489 e. The number of nitrogens with one attached hydrogen (secondary N) is 1. The fraction of sp³-hybridized carbons (Fsp3) is 0.500. The van der Waals surface area contributed by atoms with Crippen LogP contribution in [0.3, 0.4) is 0 Å². The summed E-state index contributed by atoms with van der Waals surface area (Å²) < 4.78 is 18.9. The van der Waals surface area contributed by atoms with Gasteiger partial charge in [0.25, 0.3) is 0 Å². The molecule has 2 rings (SSSR count). The van der Waals surface area contributed by atoms with Crippen LogP contribution in [0.2, 0.25) is 0 Å². The molecule has 1 fully saturated rings. The molecule has 0 heterocycles. The zero-order chi connectivity index (χ0) is 16.3. The zero-order valence-corrected chi connectivity index (χ0v) is 12.7. The molecule has 6 heteroatoms. The van der Waals surface area contributed by atoms with Crippen LogP contribution in [0.1, 0.15) is 39.5 Å². The Hall–Kier alpha value is -2.11. The van der Waals surface area contributed by atoms with Crippen LogP contribution in [0, 0.1) is 11.2 Å². The molecule has 0 aliphatic heterocycles. The molecular weight excluding hydrogens is 289 g/mol. The average Bonchev–Trinajstić information content (AvgIpc) is 2.36. The van der Waals surface area contributed by atoms with Crippen LogP contribution >= 0.6 is 0 Å². The molecular formula is C16H20FNO4. The van der Waals surface area contributed by atoms with Crippen LogP contribution in [0.5, 0.6) is 5.75 Å². The highest BCUT2D eigenvalue weighted by atomic mass is 19.1. The van der Waals surface area contributed by atoms with Gasteiger partial charge >= 0.3 is 5.97 Å². The number of rotatable bonds is 6. The first-order valence-corrected chi connectivity index (χ1v) is 7.32. The van der Waals surface area contributed by atoms with Crippen LogP contribution in [0.25, 0.3) is 0 Å². The molecule has 0 spiro atoms. The van der Waals surface area contributed by atoms with Crippen molar-refractivity contribution in [3.05, 3.63) is 24.0 Å². The van der Waals surface area contributed by atoms with Crippen molar-refractivity contribution in [2.45, 2.75) is 45.6 Å². The fourth-order valence-electron chi connectivity index (χ4n) is 2.53. The van der Waals surface area contributed by atoms with Crippen LogP contribution in [0.15, 0.2) is 18.2 Å². The van der Waals surface area contributed by atoms with E-state index in [1.807, 2.05) is 13.8 Å². The van der Waals surface area contributed by atoms with Gasteiger partial charge in [-0.25, -0.2) is 4.39 Å². The molecule has 22 heavy (non-hydrogen) atoms. The van der Waals surface area contributed by atoms with Crippen molar-refractivity contribution >= 4 is 17.6 Å². The van der Waals surface area contributed by atoms with Gasteiger partial charge in [-0.1, -0.05) is 6.42 Å². The third-order valence-corrected chi connectivity index (χ3v) is 3.84. The quantitative estimate of drug-likeness (QED) is 0.846. The van der Waals surface area contributed by atoms with E-state index in [0.29, 0.717) is 18.6 Å². The highest BCUT2D eigenvalue weighted by Crippen LogP contribution is 2.44. The number of halogens is 1. The molecule has 0 unspecified atom stereocenters. The lowest BCUT2D eigenvalue weighted by Gasteiger charge is -2.36. The lowest BCUT2D eigenvalue weighted by atomic mass is 9.66. The molecule has 5 nitrogen and oxygen atoms in total. The van der Waals surface area contributed by atoms with Crippen LogP contribution < -0.4 is 10.1 Å². The standard InChI is InChI=1S/C16H20FNO4/c1-10(2)22-13-5-4-11(17)8-12(13)18-14(19)9-16(15(20)21)6-3-7-16/h4-5,8,10H,3,6-7,9H2,1-2H3,(H,18,19)(H,20,21). The summed E-state index contributed by atoms with van der Waals surface area (Å²) >= 11 is 0. The third-order valence-electron chi connectivity index (χ3n) is 3.84. The number of benzene rings is 1. The predicted octanol–water partition coefficient (Wildman–Crippen LogP) is 3.20. The Kier molecular flexibility index (Phi) is 4.68. The van der Waals surface area contributed by atoms with Crippen molar-refractivity contribution in [1.29, 1.82) is 0 Å². The molecule has 1 amide bonds. The molecule has 1 aliphatic carbocycles. The largest absolute Gasteiger partial charge is 0.489 e. The van der Waals surface area contributed by atoms with E-state index < -0.39 is 23.1 Å². The number of carboxylic acid groups (broad SMARTS) is 1. The first-order chi connectivity index (χ1) is 10.3. The number of carbonyl (C=O) groups is 2. The highest BCUT2D eigenvalue weighted by Gasteiger charge is 2.45. The van der Waals surface area contributed by atoms with Gasteiger partial charge in [-0.15, -0.1) is 0 Å². The smallest absolute Gasteiger partial charge is 0.310 e. The summed E-state index contributed by atoms with van der Waals surface area (Å²) in [5.41, 5.74) is -0.755. The van der Waals surface area contributed by atoms with Crippen molar-refractivity contribution in [3.63, 3.8) is 0 Å². The van der Waals surface area contributed by atoms with E-state index in [4.69, 9.17) is 4.74 Å². The second-order valence-corrected chi connectivity index (χ2v) is 5.97. The van der Waals surface area contributed by atoms with E-state index in [9.17, 15) is 19.1 Å². The molecule has 2 N–H and O–H groups in total. The molecule has 120 valence electrons. The molecule has 1 aliphatic rings. The van der Waals surface area contributed by atoms with Crippen molar-refractivity contribution < 1.29 is 23.8 Å². The minimum absolute atomic E-state index is 0.111. The van der Waals surface area contributed by atoms with E-state index in [2.05, 4.69) is 5.32 Å². The zero-order valence-electron chi connectivity index (χ0n) is 12.7. The first kappa shape index (κ1) is 16.3. The highest BCUT2D eigenvalue weighted by molar-refractivity contribution is 5.95. The van der Waals surface area contributed by atoms with E-state index in [-0.39, 0.29) is 18.2 Å². The topological polar surface area (TPSA) is 75.6 Å². The lowest BCUT2D eigenvalue weighted by Crippen LogP contribution is -2.41. The van der Waals surface area contributed by atoms with Crippen LogP contribution in [0.4, 0.5) is 10.1 Å². The van der Waals surface area contributed by atoms with Crippen molar-refractivity contribution in [1.82, 2.24) is 0 Å². The van der Waals surface area contributed by atoms with Gasteiger partial charge in [0.15, 0.2) is 0 Å². The number of hydrogen-bond donors (Lipinski definition) is 2. The summed E-state index contributed by atoms with van der Waals surface area (Å²) in [5.74, 6) is -1.53. The number of aliphatic carboxylic acids is 1. The number of hydrogen-bond acceptors (Lipinski definition) is 3. The molecule has 0 atom stereocenters. The summed E-state index contributed by atoms with van der Waals surface area (Å²) in [6.45, 7) is 3.64. The SMILES string of the molecule is CC(C)Oc1ccc(F)cc1NC(=O)CC1(C(=O)O)CCC1. The second kappa shape index (κ2) is 6.34. The molecule has 0 saturated heterocycles. The van der Waals surface area contributed by atoms with Crippen molar-refractivity contribution in [3.8, 4) is 5.75 Å². The van der Waals surface area contributed by atoms with Gasteiger partial charge in [0.1, 0.15) is 11.6 Å². The van der Waals surface area contributed by atoms with Crippen LogP contribution in [-0.4, -0.2) is 23.1 Å². The van der Waals surface area contributed by atoms with Gasteiger partial charge in [0.2, 0.25) is 5.91 Å². The van der Waals surface area contributed by atoms with Gasteiger partial charge in [-0.2, -0.15) is 0 Å². The Morgan fingerprint density at radius 1 is 1.41 bits per heavy atom. The Balaban J connectivity index is 2.11. The summed E-state index contributed by atoms with van der Waals surface area (Å²) in [5, 5.41) is 11.8. The normalized spacial score (nSPS) is 16.0. The molecule has 0 radical (unpaired) electrons. The molecule has 1 aromatic carbocycles. The lowest BCUT2D eigenvalue weighted by molar-refractivity contribution is -0.157. The summed E-state index contributed by atoms with van der Waals surface area (Å²) in [6.07, 6.45) is 1.56. The predicted molar refractivity (Wildman–Crippen MR) is 79.3 cm³/mol. The minimum atomic E-state index is -0.976. The van der Waals surface area contributed by atoms with Crippen molar-refractivity contribution in [2.24, 2.45) is 5.41 Å². The number of ether oxygens (including phenoxy) is 1. The fourth-order valence-corrected chi connectivity index (χ4v) is 2.53. The third kappa shape index (κ3) is 3.55. The van der Waals surface area contributed by atoms with Gasteiger partial charge in [0.05, 0.1) is 17.2 Å².